The number of aliphatic hydroxyl groups is 1. The van der Waals surface area contributed by atoms with Crippen LogP contribution in [0.1, 0.15) is 95.4 Å². The van der Waals surface area contributed by atoms with E-state index in [1.54, 1.807) is 11.0 Å². The Morgan fingerprint density at radius 2 is 1.68 bits per heavy atom. The van der Waals surface area contributed by atoms with Gasteiger partial charge < -0.3 is 19.5 Å². The molecule has 6 heteroatoms. The first-order valence-corrected chi connectivity index (χ1v) is 11.5. The van der Waals surface area contributed by atoms with Crippen LogP contribution in [0.15, 0.2) is 10.5 Å². The van der Waals surface area contributed by atoms with Gasteiger partial charge in [-0.15, -0.1) is 0 Å². The van der Waals surface area contributed by atoms with Crippen LogP contribution in [-0.2, 0) is 4.79 Å². The van der Waals surface area contributed by atoms with Crippen molar-refractivity contribution in [1.82, 2.24) is 0 Å². The van der Waals surface area contributed by atoms with Gasteiger partial charge in [0.1, 0.15) is 0 Å². The van der Waals surface area contributed by atoms with Crippen LogP contribution < -0.4 is 4.90 Å². The molecule has 2 saturated carbocycles. The Kier molecular flexibility index (Phi) is 7.16. The van der Waals surface area contributed by atoms with E-state index in [0.717, 1.165) is 25.7 Å². The Balaban J connectivity index is 1.99. The molecule has 0 bridgehead atoms. The van der Waals surface area contributed by atoms with E-state index < -0.39 is 5.97 Å². The zero-order chi connectivity index (χ0) is 22.8. The van der Waals surface area contributed by atoms with Crippen LogP contribution in [0, 0.1) is 29.1 Å². The molecule has 0 aliphatic heterocycles. The van der Waals surface area contributed by atoms with Crippen molar-refractivity contribution in [2.45, 2.75) is 91.2 Å². The van der Waals surface area contributed by atoms with Gasteiger partial charge in [-0.25, -0.2) is 4.79 Å². The van der Waals surface area contributed by atoms with Crippen molar-refractivity contribution in [3.8, 4) is 11.8 Å². The van der Waals surface area contributed by atoms with Gasteiger partial charge in [0.15, 0.2) is 5.76 Å². The minimum Gasteiger partial charge on any atom is -0.475 e. The molecule has 0 aromatic carbocycles. The van der Waals surface area contributed by atoms with Crippen molar-refractivity contribution < 1.29 is 24.2 Å². The molecule has 1 aromatic rings. The summed E-state index contributed by atoms with van der Waals surface area (Å²) in [6.45, 7) is 8.11. The molecule has 0 unspecified atom stereocenters. The van der Waals surface area contributed by atoms with Crippen LogP contribution in [0.25, 0.3) is 0 Å². The Hall–Kier alpha value is -2.26. The number of carbonyl (C=O) groups excluding carboxylic acids is 1. The summed E-state index contributed by atoms with van der Waals surface area (Å²) >= 11 is 0. The van der Waals surface area contributed by atoms with E-state index in [0.29, 0.717) is 37.3 Å². The fourth-order valence-corrected chi connectivity index (χ4v) is 4.54. The van der Waals surface area contributed by atoms with E-state index in [-0.39, 0.29) is 40.9 Å². The first-order chi connectivity index (χ1) is 14.5. The summed E-state index contributed by atoms with van der Waals surface area (Å²) in [6, 6.07) is 1.46. The number of amides is 1. The second kappa shape index (κ2) is 9.48. The molecule has 31 heavy (non-hydrogen) atoms. The van der Waals surface area contributed by atoms with Crippen LogP contribution in [0.2, 0.25) is 0 Å². The fraction of sp³-hybridized carbons (Fsp3) is 0.680. The minimum atomic E-state index is -1.20. The molecule has 170 valence electrons. The predicted octanol–water partition coefficient (Wildman–Crippen LogP) is 4.84. The molecular weight excluding hydrogens is 394 g/mol. The summed E-state index contributed by atoms with van der Waals surface area (Å²) in [5, 5.41) is 19.8. The summed E-state index contributed by atoms with van der Waals surface area (Å²) in [4.78, 5) is 27.3. The topological polar surface area (TPSA) is 91.0 Å². The quantitative estimate of drug-likeness (QED) is 0.669. The Morgan fingerprint density at radius 3 is 2.23 bits per heavy atom. The minimum absolute atomic E-state index is 0.0214. The van der Waals surface area contributed by atoms with E-state index in [2.05, 4.69) is 18.8 Å². The lowest BCUT2D eigenvalue weighted by molar-refractivity contribution is -0.124. The number of hydrogen-bond donors (Lipinski definition) is 2. The molecular formula is C25H35NO5. The maximum absolute atomic E-state index is 13.7. The zero-order valence-corrected chi connectivity index (χ0v) is 19.1. The van der Waals surface area contributed by atoms with Crippen molar-refractivity contribution in [1.29, 1.82) is 0 Å². The number of hydrogen-bond acceptors (Lipinski definition) is 4. The maximum Gasteiger partial charge on any atom is 0.374 e. The van der Waals surface area contributed by atoms with Crippen molar-refractivity contribution >= 4 is 17.6 Å². The van der Waals surface area contributed by atoms with E-state index in [1.807, 2.05) is 20.8 Å². The lowest BCUT2D eigenvalue weighted by Crippen LogP contribution is -2.47. The lowest BCUT2D eigenvalue weighted by atomic mass is 9.81. The van der Waals surface area contributed by atoms with Gasteiger partial charge in [0.25, 0.3) is 0 Å². The van der Waals surface area contributed by atoms with E-state index in [9.17, 15) is 19.8 Å². The summed E-state index contributed by atoms with van der Waals surface area (Å²) in [5.41, 5.74) is 0.0418. The number of aliphatic hydroxyl groups excluding tert-OH is 1. The molecule has 2 fully saturated rings. The molecule has 6 nitrogen and oxygen atoms in total. The molecule has 2 aliphatic rings. The number of furan rings is 1. The molecule has 1 amide bonds. The standard InChI is InChI=1S/C25H35NO5/c1-16-5-7-17(8-6-16)23(28)26(18-9-11-19(27)12-10-18)21-15-20(13-14-25(2,3)4)31-22(21)24(29)30/h15-19,27H,5-12H2,1-4H3,(H,29,30)/t16-,17-,18-,19+. The third kappa shape index (κ3) is 5.92. The number of carbonyl (C=O) groups is 2. The average molecular weight is 430 g/mol. The summed E-state index contributed by atoms with van der Waals surface area (Å²) in [5.74, 6) is 5.30. The van der Waals surface area contributed by atoms with Crippen molar-refractivity contribution in [3.63, 3.8) is 0 Å². The average Bonchev–Trinajstić information content (AvgIpc) is 3.12. The van der Waals surface area contributed by atoms with E-state index in [4.69, 9.17) is 4.42 Å². The number of aromatic carboxylic acids is 1. The van der Waals surface area contributed by atoms with Crippen LogP contribution in [0.5, 0.6) is 0 Å². The third-order valence-electron chi connectivity index (χ3n) is 6.36. The van der Waals surface area contributed by atoms with Crippen molar-refractivity contribution in [2.24, 2.45) is 17.3 Å². The lowest BCUT2D eigenvalue weighted by Gasteiger charge is -2.38. The number of carboxylic acids is 1. The number of nitrogens with zero attached hydrogens (tertiary/aromatic N) is 1. The van der Waals surface area contributed by atoms with E-state index >= 15 is 0 Å². The molecule has 2 aliphatic carbocycles. The van der Waals surface area contributed by atoms with E-state index in [1.165, 1.54) is 0 Å². The van der Waals surface area contributed by atoms with Crippen LogP contribution in [0.3, 0.4) is 0 Å². The van der Waals surface area contributed by atoms with Gasteiger partial charge >= 0.3 is 5.97 Å². The van der Waals surface area contributed by atoms with Gasteiger partial charge in [-0.2, -0.15) is 0 Å². The van der Waals surface area contributed by atoms with Crippen LogP contribution >= 0.6 is 0 Å². The normalized spacial score (nSPS) is 26.6. The SMILES string of the molecule is CC(C)(C)C#Cc1cc(N(C(=O)[C@H]2CC[C@H](C)CC2)[C@H]2CC[C@@H](O)CC2)c(C(=O)O)o1. The first-order valence-electron chi connectivity index (χ1n) is 11.5. The number of carboxylic acid groups (broad SMARTS) is 1. The van der Waals surface area contributed by atoms with Gasteiger partial charge in [-0.1, -0.05) is 12.8 Å². The Labute approximate surface area is 185 Å². The molecule has 1 aromatic heterocycles. The van der Waals surface area contributed by atoms with Gasteiger partial charge in [0.2, 0.25) is 11.7 Å². The van der Waals surface area contributed by atoms with Gasteiger partial charge in [0.05, 0.1) is 11.8 Å². The molecule has 0 spiro atoms. The first kappa shape index (κ1) is 23.4. The smallest absolute Gasteiger partial charge is 0.374 e. The second-order valence-electron chi connectivity index (χ2n) is 10.3. The highest BCUT2D eigenvalue weighted by molar-refractivity contribution is 6.02. The van der Waals surface area contributed by atoms with Crippen molar-refractivity contribution in [3.05, 3.63) is 17.6 Å². The van der Waals surface area contributed by atoms with Gasteiger partial charge in [-0.05, 0) is 84.0 Å². The summed E-state index contributed by atoms with van der Waals surface area (Å²) in [6.07, 6.45) is 5.79. The van der Waals surface area contributed by atoms with Gasteiger partial charge in [0, 0.05) is 23.4 Å². The highest BCUT2D eigenvalue weighted by Gasteiger charge is 2.37. The summed E-state index contributed by atoms with van der Waals surface area (Å²) < 4.78 is 5.60. The molecule has 3 rings (SSSR count). The Bertz CT molecular complexity index is 853. The largest absolute Gasteiger partial charge is 0.475 e. The maximum atomic E-state index is 13.7. The Morgan fingerprint density at radius 1 is 1.06 bits per heavy atom. The van der Waals surface area contributed by atoms with Crippen molar-refractivity contribution in [2.75, 3.05) is 4.90 Å². The highest BCUT2D eigenvalue weighted by atomic mass is 16.4. The number of anilines is 1. The highest BCUT2D eigenvalue weighted by Crippen LogP contribution is 2.37. The van der Waals surface area contributed by atoms with Crippen LogP contribution in [-0.4, -0.2) is 34.2 Å². The molecule has 1 heterocycles. The molecule has 2 N–H and O–H groups in total. The zero-order valence-electron chi connectivity index (χ0n) is 19.1. The number of rotatable bonds is 4. The second-order valence-corrected chi connectivity index (χ2v) is 10.3. The van der Waals surface area contributed by atoms with Gasteiger partial charge in [-0.3, -0.25) is 4.79 Å². The fourth-order valence-electron chi connectivity index (χ4n) is 4.54. The molecule has 0 atom stereocenters. The third-order valence-corrected chi connectivity index (χ3v) is 6.36. The molecule has 0 radical (unpaired) electrons. The predicted molar refractivity (Wildman–Crippen MR) is 119 cm³/mol. The summed E-state index contributed by atoms with van der Waals surface area (Å²) in [7, 11) is 0. The monoisotopic (exact) mass is 429 g/mol. The van der Waals surface area contributed by atoms with Crippen LogP contribution in [0.4, 0.5) is 5.69 Å². The molecule has 0 saturated heterocycles.